The molecule has 0 amide bonds. The fourth-order valence-electron chi connectivity index (χ4n) is 10.7. The molecule has 308 valence electrons. The van der Waals surface area contributed by atoms with Crippen LogP contribution in [0.1, 0.15) is 0 Å². The van der Waals surface area contributed by atoms with Crippen LogP contribution in [0, 0.1) is 0 Å². The van der Waals surface area contributed by atoms with Crippen LogP contribution >= 0.6 is 11.3 Å². The number of hydrogen-bond acceptors (Lipinski definition) is 4. The minimum absolute atomic E-state index is 0.749. The smallest absolute Gasteiger partial charge is 0.157 e. The molecule has 3 aromatic heterocycles. The molecule has 15 rings (SSSR count). The van der Waals surface area contributed by atoms with E-state index in [0.717, 1.165) is 62.3 Å². The second-order valence-corrected chi connectivity index (χ2v) is 18.4. The first-order valence-corrected chi connectivity index (χ1v) is 23.1. The van der Waals surface area contributed by atoms with E-state index in [2.05, 4.69) is 202 Å². The zero-order valence-corrected chi connectivity index (χ0v) is 36.1. The first-order valence-electron chi connectivity index (χ1n) is 22.3. The molecule has 0 saturated heterocycles. The molecule has 2 aliphatic rings. The highest BCUT2D eigenvalue weighted by atomic mass is 32.1. The number of ether oxygens (including phenoxy) is 2. The van der Waals surface area contributed by atoms with Crippen LogP contribution in [-0.2, 0) is 0 Å². The maximum atomic E-state index is 6.75. The van der Waals surface area contributed by atoms with Crippen LogP contribution in [0.5, 0.6) is 23.0 Å². The fraction of sp³-hybridized carbons (Fsp3) is 0. The maximum absolute atomic E-state index is 6.75. The molecule has 2 aliphatic heterocycles. The molecule has 0 N–H and O–H groups in total. The van der Waals surface area contributed by atoms with Gasteiger partial charge in [-0.05, 0) is 107 Å². The van der Waals surface area contributed by atoms with Crippen LogP contribution in [0.2, 0.25) is 0 Å². The third kappa shape index (κ3) is 5.10. The number of aromatic nitrogens is 2. The standard InChI is InChI=1S/C60H35N3O2S/c1-2-12-36(13-3-1)37-22-27-50-46(30-37)47-32-39(24-29-51(47)62(50)41-33-56-60-57(34-41)65-55-20-10-8-18-53(55)63(60)52-17-7-9-19-54(52)64-56)38-23-28-49-45(31-38)42-14-4-6-16-48(42)61(49)40-25-26-44-43-15-5-11-21-58(43)66-59(44)35-40/h1-35H. The summed E-state index contributed by atoms with van der Waals surface area (Å²) in [5.41, 5.74) is 14.3. The highest BCUT2D eigenvalue weighted by molar-refractivity contribution is 7.25. The first-order chi connectivity index (χ1) is 32.7. The Morgan fingerprint density at radius 1 is 0.303 bits per heavy atom. The monoisotopic (exact) mass is 861 g/mol. The lowest BCUT2D eigenvalue weighted by molar-refractivity contribution is 0.445. The molecule has 0 saturated carbocycles. The Bertz CT molecular complexity index is 4130. The summed E-state index contributed by atoms with van der Waals surface area (Å²) in [5, 5.41) is 7.44. The van der Waals surface area contributed by atoms with Gasteiger partial charge in [-0.3, -0.25) is 4.90 Å². The molecule has 10 aromatic carbocycles. The number of benzene rings is 10. The van der Waals surface area contributed by atoms with Gasteiger partial charge in [-0.2, -0.15) is 0 Å². The second-order valence-electron chi connectivity index (χ2n) is 17.3. The van der Waals surface area contributed by atoms with Crippen LogP contribution in [-0.4, -0.2) is 9.13 Å². The van der Waals surface area contributed by atoms with Crippen molar-refractivity contribution >= 4 is 92.2 Å². The lowest BCUT2D eigenvalue weighted by Crippen LogP contribution is -2.20. The van der Waals surface area contributed by atoms with Crippen LogP contribution in [0.25, 0.3) is 97.4 Å². The molecule has 0 radical (unpaired) electrons. The maximum Gasteiger partial charge on any atom is 0.157 e. The van der Waals surface area contributed by atoms with E-state index in [9.17, 15) is 0 Å². The Morgan fingerprint density at radius 2 is 0.803 bits per heavy atom. The Morgan fingerprint density at radius 3 is 1.47 bits per heavy atom. The molecule has 0 unspecified atom stereocenters. The van der Waals surface area contributed by atoms with Gasteiger partial charge in [-0.1, -0.05) is 115 Å². The quantitative estimate of drug-likeness (QED) is 0.177. The van der Waals surface area contributed by atoms with Gasteiger partial charge in [0.1, 0.15) is 5.69 Å². The van der Waals surface area contributed by atoms with E-state index >= 15 is 0 Å². The highest BCUT2D eigenvalue weighted by Crippen LogP contribution is 2.60. The molecule has 0 aliphatic carbocycles. The van der Waals surface area contributed by atoms with Gasteiger partial charge >= 0.3 is 0 Å². The largest absolute Gasteiger partial charge is 0.453 e. The van der Waals surface area contributed by atoms with Crippen LogP contribution in [0.3, 0.4) is 0 Å². The van der Waals surface area contributed by atoms with Gasteiger partial charge in [-0.25, -0.2) is 0 Å². The van der Waals surface area contributed by atoms with Crippen molar-refractivity contribution in [3.63, 3.8) is 0 Å². The van der Waals surface area contributed by atoms with Gasteiger partial charge in [-0.15, -0.1) is 11.3 Å². The number of fused-ring (bicyclic) bond motifs is 13. The summed E-state index contributed by atoms with van der Waals surface area (Å²) in [4.78, 5) is 2.27. The zero-order chi connectivity index (χ0) is 43.0. The molecule has 0 fully saturated rings. The fourth-order valence-corrected chi connectivity index (χ4v) is 11.9. The van der Waals surface area contributed by atoms with Gasteiger partial charge in [0.25, 0.3) is 0 Å². The van der Waals surface area contributed by atoms with E-state index in [1.54, 1.807) is 0 Å². The number of para-hydroxylation sites is 5. The van der Waals surface area contributed by atoms with Gasteiger partial charge in [0.15, 0.2) is 23.0 Å². The van der Waals surface area contributed by atoms with Crippen LogP contribution < -0.4 is 14.4 Å². The number of anilines is 3. The number of hydrogen-bond donors (Lipinski definition) is 0. The average molecular weight is 862 g/mol. The molecular weight excluding hydrogens is 827 g/mol. The molecular formula is C60H35N3O2S. The summed E-state index contributed by atoms with van der Waals surface area (Å²) >= 11 is 1.86. The number of nitrogens with zero attached hydrogens (tertiary/aromatic N) is 3. The summed E-state index contributed by atoms with van der Waals surface area (Å²) in [6.45, 7) is 0. The van der Waals surface area contributed by atoms with E-state index in [1.807, 2.05) is 35.6 Å². The van der Waals surface area contributed by atoms with Crippen molar-refractivity contribution in [2.45, 2.75) is 0 Å². The van der Waals surface area contributed by atoms with Crippen LogP contribution in [0.15, 0.2) is 212 Å². The molecule has 66 heavy (non-hydrogen) atoms. The molecule has 0 atom stereocenters. The minimum atomic E-state index is 0.749. The van der Waals surface area contributed by atoms with Crippen molar-refractivity contribution in [3.8, 4) is 56.6 Å². The predicted molar refractivity (Wildman–Crippen MR) is 274 cm³/mol. The summed E-state index contributed by atoms with van der Waals surface area (Å²) < 4.78 is 20.9. The zero-order valence-electron chi connectivity index (χ0n) is 35.3. The van der Waals surface area contributed by atoms with Gasteiger partial charge in [0.05, 0.1) is 39.1 Å². The van der Waals surface area contributed by atoms with Crippen molar-refractivity contribution in [1.82, 2.24) is 9.13 Å². The van der Waals surface area contributed by atoms with Crippen molar-refractivity contribution in [1.29, 1.82) is 0 Å². The molecule has 5 heterocycles. The Kier molecular flexibility index (Phi) is 7.31. The third-order valence-electron chi connectivity index (χ3n) is 13.7. The second kappa shape index (κ2) is 13.5. The summed E-state index contributed by atoms with van der Waals surface area (Å²) in [5.74, 6) is 3.11. The van der Waals surface area contributed by atoms with Crippen molar-refractivity contribution in [2.75, 3.05) is 4.90 Å². The van der Waals surface area contributed by atoms with Gasteiger partial charge in [0.2, 0.25) is 0 Å². The molecule has 0 spiro atoms. The van der Waals surface area contributed by atoms with E-state index in [4.69, 9.17) is 9.47 Å². The Labute approximate surface area is 382 Å². The topological polar surface area (TPSA) is 31.6 Å². The highest BCUT2D eigenvalue weighted by Gasteiger charge is 2.35. The van der Waals surface area contributed by atoms with Gasteiger partial charge in [0, 0.05) is 59.5 Å². The normalized spacial score (nSPS) is 12.8. The summed E-state index contributed by atoms with van der Waals surface area (Å²) in [7, 11) is 0. The molecule has 5 nitrogen and oxygen atoms in total. The third-order valence-corrected chi connectivity index (χ3v) is 14.8. The molecule has 6 heteroatoms. The lowest BCUT2D eigenvalue weighted by Gasteiger charge is -2.38. The average Bonchev–Trinajstić information content (AvgIpc) is 4.03. The van der Waals surface area contributed by atoms with Crippen molar-refractivity contribution in [3.05, 3.63) is 212 Å². The first kappa shape index (κ1) is 35.8. The lowest BCUT2D eigenvalue weighted by atomic mass is 9.99. The molecule has 0 bridgehead atoms. The predicted octanol–water partition coefficient (Wildman–Crippen LogP) is 17.3. The number of thiophene rings is 1. The summed E-state index contributed by atoms with van der Waals surface area (Å²) in [6, 6.07) is 76.6. The molecule has 13 aromatic rings. The number of rotatable bonds is 4. The van der Waals surface area contributed by atoms with E-state index in [1.165, 1.54) is 75.1 Å². The van der Waals surface area contributed by atoms with Crippen molar-refractivity contribution < 1.29 is 9.47 Å². The Balaban J connectivity index is 0.917. The van der Waals surface area contributed by atoms with Crippen LogP contribution in [0.4, 0.5) is 17.1 Å². The minimum Gasteiger partial charge on any atom is -0.453 e. The SMILES string of the molecule is c1ccc(-c2ccc3c(c2)c2cc(-c4ccc5c(c4)c4ccccc4n5-c4ccc5c(c4)sc4ccccc45)ccc2n3-c2cc3c4c(c2)Oc2ccccc2N4c2ccccc2O3)cc1. The summed E-state index contributed by atoms with van der Waals surface area (Å²) in [6.07, 6.45) is 0. The van der Waals surface area contributed by atoms with E-state index in [0.29, 0.717) is 0 Å². The van der Waals surface area contributed by atoms with E-state index < -0.39 is 0 Å². The van der Waals surface area contributed by atoms with Gasteiger partial charge < -0.3 is 18.6 Å². The van der Waals surface area contributed by atoms with Crippen molar-refractivity contribution in [2.24, 2.45) is 0 Å². The van der Waals surface area contributed by atoms with E-state index in [-0.39, 0.29) is 0 Å². The Hall–Kier alpha value is -8.58.